The molecule has 0 aliphatic rings. The van der Waals surface area contributed by atoms with Crippen molar-refractivity contribution < 1.29 is 9.90 Å². The second kappa shape index (κ2) is 6.90. The van der Waals surface area contributed by atoms with Gasteiger partial charge in [-0.15, -0.1) is 16.4 Å². The summed E-state index contributed by atoms with van der Waals surface area (Å²) in [7, 11) is 3.84. The van der Waals surface area contributed by atoms with E-state index in [0.29, 0.717) is 13.1 Å². The predicted molar refractivity (Wildman–Crippen MR) is 90.7 cm³/mol. The van der Waals surface area contributed by atoms with Crippen molar-refractivity contribution in [1.82, 2.24) is 24.9 Å². The van der Waals surface area contributed by atoms with Crippen LogP contribution in [0.15, 0.2) is 35.8 Å². The van der Waals surface area contributed by atoms with Gasteiger partial charge in [0.2, 0.25) is 0 Å². The fourth-order valence-corrected chi connectivity index (χ4v) is 3.18. The van der Waals surface area contributed by atoms with E-state index in [9.17, 15) is 4.79 Å². The number of hydrogen-bond acceptors (Lipinski definition) is 6. The standard InChI is InChI=1S/C16H17N5O2S/c1-20(7-13-9-21(2)19-18-13)8-14-10-24-15(17-14)11-4-3-5-12(6-11)16(22)23/h3-6,9-10H,7-8H2,1-2H3,(H,22,23). The third-order valence-electron chi connectivity index (χ3n) is 3.42. The molecule has 0 aliphatic heterocycles. The van der Waals surface area contributed by atoms with Gasteiger partial charge in [0.1, 0.15) is 5.01 Å². The van der Waals surface area contributed by atoms with Crippen molar-refractivity contribution in [3.05, 3.63) is 52.8 Å². The molecule has 2 aromatic heterocycles. The Morgan fingerprint density at radius 2 is 2.12 bits per heavy atom. The highest BCUT2D eigenvalue weighted by Crippen LogP contribution is 2.25. The second-order valence-electron chi connectivity index (χ2n) is 5.59. The van der Waals surface area contributed by atoms with Gasteiger partial charge in [-0.3, -0.25) is 9.58 Å². The maximum atomic E-state index is 11.1. The first-order valence-electron chi connectivity index (χ1n) is 7.33. The number of thiazole rings is 1. The van der Waals surface area contributed by atoms with Crippen LogP contribution in [0, 0.1) is 0 Å². The van der Waals surface area contributed by atoms with Gasteiger partial charge >= 0.3 is 5.97 Å². The first kappa shape index (κ1) is 16.3. The van der Waals surface area contributed by atoms with Crippen molar-refractivity contribution >= 4 is 17.3 Å². The van der Waals surface area contributed by atoms with E-state index in [0.717, 1.165) is 22.0 Å². The lowest BCUT2D eigenvalue weighted by Crippen LogP contribution is -2.17. The van der Waals surface area contributed by atoms with E-state index >= 15 is 0 Å². The number of carboxylic acids is 1. The Labute approximate surface area is 143 Å². The molecule has 0 aliphatic carbocycles. The SMILES string of the molecule is CN(Cc1cn(C)nn1)Cc1csc(-c2cccc(C(=O)O)c2)n1. The Morgan fingerprint density at radius 1 is 1.33 bits per heavy atom. The normalized spacial score (nSPS) is 11.1. The summed E-state index contributed by atoms with van der Waals surface area (Å²) in [6, 6.07) is 6.83. The Kier molecular flexibility index (Phi) is 4.68. The molecule has 3 rings (SSSR count). The van der Waals surface area contributed by atoms with Gasteiger partial charge in [-0.25, -0.2) is 9.78 Å². The predicted octanol–water partition coefficient (Wildman–Crippen LogP) is 2.27. The molecule has 0 atom stereocenters. The molecule has 24 heavy (non-hydrogen) atoms. The van der Waals surface area contributed by atoms with Crippen LogP contribution in [0.4, 0.5) is 0 Å². The number of hydrogen-bond donors (Lipinski definition) is 1. The van der Waals surface area contributed by atoms with Crippen molar-refractivity contribution in [3.63, 3.8) is 0 Å². The van der Waals surface area contributed by atoms with Crippen LogP contribution in [0.5, 0.6) is 0 Å². The zero-order chi connectivity index (χ0) is 17.1. The molecule has 8 heteroatoms. The van der Waals surface area contributed by atoms with Crippen molar-refractivity contribution in [3.8, 4) is 10.6 Å². The summed E-state index contributed by atoms with van der Waals surface area (Å²) in [6.45, 7) is 1.38. The van der Waals surface area contributed by atoms with E-state index < -0.39 is 5.97 Å². The highest BCUT2D eigenvalue weighted by atomic mass is 32.1. The van der Waals surface area contributed by atoms with Crippen molar-refractivity contribution in [2.24, 2.45) is 7.05 Å². The smallest absolute Gasteiger partial charge is 0.335 e. The van der Waals surface area contributed by atoms with Crippen LogP contribution in [0.2, 0.25) is 0 Å². The largest absolute Gasteiger partial charge is 0.478 e. The first-order valence-corrected chi connectivity index (χ1v) is 8.21. The van der Waals surface area contributed by atoms with Gasteiger partial charge in [-0.1, -0.05) is 17.3 Å². The number of aryl methyl sites for hydroxylation is 1. The number of aromatic carboxylic acids is 1. The molecule has 1 aromatic carbocycles. The minimum atomic E-state index is -0.933. The van der Waals surface area contributed by atoms with Crippen LogP contribution >= 0.6 is 11.3 Å². The van der Waals surface area contributed by atoms with Gasteiger partial charge < -0.3 is 5.11 Å². The molecular formula is C16H17N5O2S. The summed E-state index contributed by atoms with van der Waals surface area (Å²) < 4.78 is 1.68. The number of carboxylic acid groups (broad SMARTS) is 1. The molecule has 7 nitrogen and oxygen atoms in total. The lowest BCUT2D eigenvalue weighted by Gasteiger charge is -2.12. The van der Waals surface area contributed by atoms with Crippen molar-refractivity contribution in [1.29, 1.82) is 0 Å². The molecule has 0 amide bonds. The number of aromatic nitrogens is 4. The molecule has 124 valence electrons. The zero-order valence-electron chi connectivity index (χ0n) is 13.4. The topological polar surface area (TPSA) is 84.1 Å². The summed E-state index contributed by atoms with van der Waals surface area (Å²) in [5.41, 5.74) is 2.94. The molecule has 0 unspecified atom stereocenters. The molecule has 3 aromatic rings. The number of rotatable bonds is 6. The minimum absolute atomic E-state index is 0.268. The van der Waals surface area contributed by atoms with E-state index in [1.807, 2.05) is 31.7 Å². The van der Waals surface area contributed by atoms with E-state index in [2.05, 4.69) is 20.2 Å². The zero-order valence-corrected chi connectivity index (χ0v) is 14.2. The number of benzene rings is 1. The highest BCUT2D eigenvalue weighted by Gasteiger charge is 2.11. The quantitative estimate of drug-likeness (QED) is 0.739. The summed E-state index contributed by atoms with van der Waals surface area (Å²) in [5, 5.41) is 19.9. The van der Waals surface area contributed by atoms with E-state index in [1.54, 1.807) is 22.9 Å². The number of carbonyl (C=O) groups is 1. The van der Waals surface area contributed by atoms with Crippen LogP contribution in [-0.4, -0.2) is 43.0 Å². The maximum absolute atomic E-state index is 11.1. The fraction of sp³-hybridized carbons (Fsp3) is 0.250. The van der Waals surface area contributed by atoms with Crippen molar-refractivity contribution in [2.75, 3.05) is 7.05 Å². The van der Waals surface area contributed by atoms with Crippen LogP contribution < -0.4 is 0 Å². The highest BCUT2D eigenvalue weighted by molar-refractivity contribution is 7.13. The molecule has 0 spiro atoms. The number of nitrogens with zero attached hydrogens (tertiary/aromatic N) is 5. The van der Waals surface area contributed by atoms with Gasteiger partial charge in [0.25, 0.3) is 0 Å². The first-order chi connectivity index (χ1) is 11.5. The van der Waals surface area contributed by atoms with Gasteiger partial charge in [0.05, 0.1) is 17.0 Å². The molecule has 0 radical (unpaired) electrons. The van der Waals surface area contributed by atoms with Gasteiger partial charge in [-0.2, -0.15) is 0 Å². The van der Waals surface area contributed by atoms with Crippen LogP contribution in [0.3, 0.4) is 0 Å². The summed E-state index contributed by atoms with van der Waals surface area (Å²) in [5.74, 6) is -0.933. The van der Waals surface area contributed by atoms with Gasteiger partial charge in [0.15, 0.2) is 0 Å². The lowest BCUT2D eigenvalue weighted by atomic mass is 10.1. The Bertz CT molecular complexity index is 858. The van der Waals surface area contributed by atoms with E-state index in [1.165, 1.54) is 11.3 Å². The molecule has 0 fully saturated rings. The average molecular weight is 343 g/mol. The lowest BCUT2D eigenvalue weighted by molar-refractivity contribution is 0.0697. The monoisotopic (exact) mass is 343 g/mol. The third kappa shape index (κ3) is 3.84. The Balaban J connectivity index is 1.69. The molecular weight excluding hydrogens is 326 g/mol. The van der Waals surface area contributed by atoms with Gasteiger partial charge in [0, 0.05) is 37.3 Å². The second-order valence-corrected chi connectivity index (χ2v) is 6.44. The van der Waals surface area contributed by atoms with Crippen molar-refractivity contribution in [2.45, 2.75) is 13.1 Å². The minimum Gasteiger partial charge on any atom is -0.478 e. The van der Waals surface area contributed by atoms with E-state index in [4.69, 9.17) is 5.11 Å². The fourth-order valence-electron chi connectivity index (χ4n) is 2.37. The summed E-state index contributed by atoms with van der Waals surface area (Å²) >= 11 is 1.51. The van der Waals surface area contributed by atoms with Crippen LogP contribution in [0.25, 0.3) is 10.6 Å². The van der Waals surface area contributed by atoms with Crippen LogP contribution in [-0.2, 0) is 20.1 Å². The summed E-state index contributed by atoms with van der Waals surface area (Å²) in [6.07, 6.45) is 1.89. The molecule has 0 saturated carbocycles. The Hall–Kier alpha value is -2.58. The summed E-state index contributed by atoms with van der Waals surface area (Å²) in [4.78, 5) is 17.8. The molecule has 1 N–H and O–H groups in total. The Morgan fingerprint density at radius 3 is 2.83 bits per heavy atom. The van der Waals surface area contributed by atoms with E-state index in [-0.39, 0.29) is 5.56 Å². The molecule has 0 bridgehead atoms. The van der Waals surface area contributed by atoms with Crippen LogP contribution in [0.1, 0.15) is 21.7 Å². The third-order valence-corrected chi connectivity index (χ3v) is 4.36. The molecule has 0 saturated heterocycles. The maximum Gasteiger partial charge on any atom is 0.335 e. The molecule has 2 heterocycles. The van der Waals surface area contributed by atoms with Gasteiger partial charge in [-0.05, 0) is 19.2 Å². The average Bonchev–Trinajstić information content (AvgIpc) is 3.16.